The number of pyridine rings is 1. The van der Waals surface area contributed by atoms with Crippen molar-refractivity contribution in [2.75, 3.05) is 31.6 Å². The van der Waals surface area contributed by atoms with Crippen molar-refractivity contribution in [1.82, 2.24) is 15.2 Å². The number of amides is 2. The van der Waals surface area contributed by atoms with E-state index in [0.717, 1.165) is 11.4 Å². The van der Waals surface area contributed by atoms with Crippen molar-refractivity contribution in [3.05, 3.63) is 54.4 Å². The van der Waals surface area contributed by atoms with Gasteiger partial charge in [0.1, 0.15) is 0 Å². The Hall–Kier alpha value is -3.09. The van der Waals surface area contributed by atoms with Crippen LogP contribution in [0.1, 0.15) is 30.1 Å². The van der Waals surface area contributed by atoms with Gasteiger partial charge in [-0.05, 0) is 38.0 Å². The highest BCUT2D eigenvalue weighted by molar-refractivity contribution is 5.95. The van der Waals surface area contributed by atoms with Gasteiger partial charge in [-0.1, -0.05) is 18.2 Å². The monoisotopic (exact) mass is 382 g/mol. The molecule has 1 aromatic carbocycles. The minimum Gasteiger partial charge on any atom is -0.450 e. The zero-order chi connectivity index (χ0) is 19.9. The number of para-hydroxylation sites is 1. The van der Waals surface area contributed by atoms with Gasteiger partial charge in [-0.2, -0.15) is 0 Å². The maximum Gasteiger partial charge on any atom is 0.409 e. The van der Waals surface area contributed by atoms with Crippen LogP contribution in [0.3, 0.4) is 0 Å². The smallest absolute Gasteiger partial charge is 0.409 e. The molecule has 2 aromatic rings. The second kappa shape index (κ2) is 9.21. The summed E-state index contributed by atoms with van der Waals surface area (Å²) >= 11 is 0. The first-order chi connectivity index (χ1) is 13.6. The average Bonchev–Trinajstić information content (AvgIpc) is 2.74. The van der Waals surface area contributed by atoms with Crippen LogP contribution in [-0.2, 0) is 4.74 Å². The molecule has 1 aliphatic rings. The Morgan fingerprint density at radius 3 is 2.57 bits per heavy atom. The molecule has 2 heterocycles. The molecule has 28 heavy (non-hydrogen) atoms. The highest BCUT2D eigenvalue weighted by Crippen LogP contribution is 2.23. The van der Waals surface area contributed by atoms with Gasteiger partial charge in [0.2, 0.25) is 0 Å². The number of hydrogen-bond donors (Lipinski definition) is 1. The van der Waals surface area contributed by atoms with Gasteiger partial charge in [0.05, 0.1) is 24.1 Å². The van der Waals surface area contributed by atoms with E-state index in [1.807, 2.05) is 48.3 Å². The quantitative estimate of drug-likeness (QED) is 0.860. The van der Waals surface area contributed by atoms with E-state index in [0.29, 0.717) is 38.1 Å². The standard InChI is InChI=1S/C21H26N4O3/c1-3-28-21(27)25-11-9-17(10-12-25)23-20(26)16-13-19(15-22-14-16)24(2)18-7-5-4-6-8-18/h4-8,13-15,17H,3,9-12H2,1-2H3,(H,23,26). The molecule has 0 bridgehead atoms. The Kier molecular flexibility index (Phi) is 6.47. The fourth-order valence-corrected chi connectivity index (χ4v) is 3.23. The van der Waals surface area contributed by atoms with Crippen molar-refractivity contribution in [2.45, 2.75) is 25.8 Å². The number of nitrogens with zero attached hydrogens (tertiary/aromatic N) is 3. The van der Waals surface area contributed by atoms with E-state index < -0.39 is 0 Å². The van der Waals surface area contributed by atoms with E-state index in [-0.39, 0.29) is 18.0 Å². The van der Waals surface area contributed by atoms with Gasteiger partial charge < -0.3 is 19.9 Å². The van der Waals surface area contributed by atoms with Crippen LogP contribution in [0.25, 0.3) is 0 Å². The topological polar surface area (TPSA) is 74.8 Å². The third-order valence-corrected chi connectivity index (χ3v) is 4.87. The number of hydrogen-bond acceptors (Lipinski definition) is 5. The van der Waals surface area contributed by atoms with Crippen LogP contribution in [0.15, 0.2) is 48.8 Å². The predicted octanol–water partition coefficient (Wildman–Crippen LogP) is 3.20. The highest BCUT2D eigenvalue weighted by Gasteiger charge is 2.25. The Bertz CT molecular complexity index is 804. The average molecular weight is 382 g/mol. The zero-order valence-electron chi connectivity index (χ0n) is 16.3. The lowest BCUT2D eigenvalue weighted by molar-refractivity contribution is 0.0860. The number of likely N-dealkylation sites (tertiary alicyclic amines) is 1. The summed E-state index contributed by atoms with van der Waals surface area (Å²) in [5.41, 5.74) is 2.39. The Balaban J connectivity index is 1.59. The summed E-state index contributed by atoms with van der Waals surface area (Å²) in [6.45, 7) is 3.33. The first kappa shape index (κ1) is 19.7. The molecule has 1 aromatic heterocycles. The largest absolute Gasteiger partial charge is 0.450 e. The van der Waals surface area contributed by atoms with Crippen LogP contribution >= 0.6 is 0 Å². The molecule has 0 atom stereocenters. The number of ether oxygens (including phenoxy) is 1. The van der Waals surface area contributed by atoms with E-state index in [2.05, 4.69) is 10.3 Å². The van der Waals surface area contributed by atoms with Crippen molar-refractivity contribution < 1.29 is 14.3 Å². The maximum absolute atomic E-state index is 12.7. The number of nitrogens with one attached hydrogen (secondary N) is 1. The number of anilines is 2. The Morgan fingerprint density at radius 2 is 1.89 bits per heavy atom. The van der Waals surface area contributed by atoms with Gasteiger partial charge in [-0.3, -0.25) is 9.78 Å². The van der Waals surface area contributed by atoms with Crippen LogP contribution in [-0.4, -0.2) is 54.7 Å². The van der Waals surface area contributed by atoms with Crippen LogP contribution in [0.2, 0.25) is 0 Å². The summed E-state index contributed by atoms with van der Waals surface area (Å²) in [4.78, 5) is 32.3. The fraction of sp³-hybridized carbons (Fsp3) is 0.381. The van der Waals surface area contributed by atoms with Gasteiger partial charge in [-0.15, -0.1) is 0 Å². The van der Waals surface area contributed by atoms with Crippen molar-refractivity contribution in [3.8, 4) is 0 Å². The third kappa shape index (κ3) is 4.79. The van der Waals surface area contributed by atoms with E-state index in [9.17, 15) is 9.59 Å². The summed E-state index contributed by atoms with van der Waals surface area (Å²) in [7, 11) is 1.94. The Labute approximate surface area is 165 Å². The van der Waals surface area contributed by atoms with Gasteiger partial charge in [0.15, 0.2) is 0 Å². The van der Waals surface area contributed by atoms with E-state index in [4.69, 9.17) is 4.74 Å². The van der Waals surface area contributed by atoms with E-state index >= 15 is 0 Å². The molecule has 148 valence electrons. The molecule has 1 N–H and O–H groups in total. The molecule has 0 unspecified atom stereocenters. The summed E-state index contributed by atoms with van der Waals surface area (Å²) in [5.74, 6) is -0.148. The summed E-state index contributed by atoms with van der Waals surface area (Å²) in [5, 5.41) is 3.06. The lowest BCUT2D eigenvalue weighted by atomic mass is 10.0. The van der Waals surface area contributed by atoms with Gasteiger partial charge in [-0.25, -0.2) is 4.79 Å². The second-order valence-corrected chi connectivity index (χ2v) is 6.76. The molecule has 1 aliphatic heterocycles. The molecule has 0 spiro atoms. The van der Waals surface area contributed by atoms with Crippen LogP contribution in [0.5, 0.6) is 0 Å². The first-order valence-electron chi connectivity index (χ1n) is 9.55. The van der Waals surface area contributed by atoms with Gasteiger partial charge in [0, 0.05) is 38.1 Å². The maximum atomic E-state index is 12.7. The number of benzene rings is 1. The third-order valence-electron chi connectivity index (χ3n) is 4.87. The minimum atomic E-state index is -0.284. The SMILES string of the molecule is CCOC(=O)N1CCC(NC(=O)c2cncc(N(C)c3ccccc3)c2)CC1. The minimum absolute atomic E-state index is 0.0358. The van der Waals surface area contributed by atoms with Crippen molar-refractivity contribution >= 4 is 23.4 Å². The molecule has 0 saturated carbocycles. The highest BCUT2D eigenvalue weighted by atomic mass is 16.6. The number of piperidine rings is 1. The summed E-state index contributed by atoms with van der Waals surface area (Å²) in [6, 6.07) is 11.8. The van der Waals surface area contributed by atoms with Crippen LogP contribution in [0.4, 0.5) is 16.2 Å². The molecule has 0 radical (unpaired) electrons. The number of rotatable bonds is 5. The molecule has 1 saturated heterocycles. The molecular formula is C21H26N4O3. The Morgan fingerprint density at radius 1 is 1.18 bits per heavy atom. The summed E-state index contributed by atoms with van der Waals surface area (Å²) < 4.78 is 5.03. The molecule has 7 heteroatoms. The van der Waals surface area contributed by atoms with E-state index in [1.165, 1.54) is 0 Å². The molecule has 0 aliphatic carbocycles. The predicted molar refractivity (Wildman–Crippen MR) is 108 cm³/mol. The molecule has 2 amide bonds. The van der Waals surface area contributed by atoms with Gasteiger partial charge in [0.25, 0.3) is 5.91 Å². The fourth-order valence-electron chi connectivity index (χ4n) is 3.23. The molecule has 7 nitrogen and oxygen atoms in total. The normalized spacial score (nSPS) is 14.4. The van der Waals surface area contributed by atoms with Crippen molar-refractivity contribution in [1.29, 1.82) is 0 Å². The molecule has 3 rings (SSSR count). The zero-order valence-corrected chi connectivity index (χ0v) is 16.3. The lowest BCUT2D eigenvalue weighted by Gasteiger charge is -2.31. The number of carbonyl (C=O) groups excluding carboxylic acids is 2. The van der Waals surface area contributed by atoms with E-state index in [1.54, 1.807) is 24.2 Å². The first-order valence-corrected chi connectivity index (χ1v) is 9.55. The van der Waals surface area contributed by atoms with Crippen molar-refractivity contribution in [2.24, 2.45) is 0 Å². The number of carbonyl (C=O) groups is 2. The van der Waals surface area contributed by atoms with Crippen LogP contribution in [0, 0.1) is 0 Å². The molecule has 1 fully saturated rings. The number of aromatic nitrogens is 1. The van der Waals surface area contributed by atoms with Gasteiger partial charge >= 0.3 is 6.09 Å². The van der Waals surface area contributed by atoms with Crippen molar-refractivity contribution in [3.63, 3.8) is 0 Å². The second-order valence-electron chi connectivity index (χ2n) is 6.76. The molecular weight excluding hydrogens is 356 g/mol. The summed E-state index contributed by atoms with van der Waals surface area (Å²) in [6.07, 6.45) is 4.45. The lowest BCUT2D eigenvalue weighted by Crippen LogP contribution is -2.46. The van der Waals surface area contributed by atoms with Crippen LogP contribution < -0.4 is 10.2 Å².